The minimum Gasteiger partial charge on any atom is -0.362 e. The number of benzene rings is 3. The predicted octanol–water partition coefficient (Wildman–Crippen LogP) is 5.74. The smallest absolute Gasteiger partial charge is 0.362 e. The standard InChI is InChI=1S/C30H33NO6S2/c1-30-18-17-26-25-14-10-23(37-39(34,35)36)19-22(25)9-13-27(26)28(30)15-16-29(30)31-38(32,33)24-11-7-21(8-12-24)20-5-3-2-4-6-20/h2-8,10-12,14,19,26-29,31H,9,13,15-18H2,1H3,(H,34,35,36)/t26-,27-,28+,29+,30+/m1/s1. The SMILES string of the molecule is C[C@]12CC[C@@H]3c4ccc(OS(=O)(=O)O)cc4CC[C@H]3[C@@H]1CC[C@@H]2NS(=O)(=O)c1ccc(-c2ccccc2)cc1. The Morgan fingerprint density at radius 2 is 1.59 bits per heavy atom. The zero-order chi connectivity index (χ0) is 27.4. The van der Waals surface area contributed by atoms with Crippen LogP contribution in [0.5, 0.6) is 5.75 Å². The van der Waals surface area contributed by atoms with Gasteiger partial charge in [0.1, 0.15) is 5.75 Å². The first-order valence-corrected chi connectivity index (χ1v) is 16.4. The maximum atomic E-state index is 13.4. The first-order valence-electron chi connectivity index (χ1n) is 13.5. The van der Waals surface area contributed by atoms with Gasteiger partial charge < -0.3 is 4.18 Å². The van der Waals surface area contributed by atoms with Crippen molar-refractivity contribution in [1.29, 1.82) is 0 Å². The van der Waals surface area contributed by atoms with Crippen molar-refractivity contribution >= 4 is 20.4 Å². The number of fused-ring (bicyclic) bond motifs is 5. The summed E-state index contributed by atoms with van der Waals surface area (Å²) in [6.07, 6.45) is 5.44. The van der Waals surface area contributed by atoms with Crippen molar-refractivity contribution in [2.24, 2.45) is 17.3 Å². The molecule has 0 aromatic heterocycles. The highest BCUT2D eigenvalue weighted by Gasteiger charge is 2.55. The Morgan fingerprint density at radius 1 is 0.872 bits per heavy atom. The van der Waals surface area contributed by atoms with Crippen LogP contribution < -0.4 is 8.91 Å². The Labute approximate surface area is 230 Å². The maximum absolute atomic E-state index is 13.4. The van der Waals surface area contributed by atoms with Gasteiger partial charge in [-0.1, -0.05) is 55.5 Å². The van der Waals surface area contributed by atoms with Crippen molar-refractivity contribution in [2.75, 3.05) is 0 Å². The van der Waals surface area contributed by atoms with E-state index in [4.69, 9.17) is 4.55 Å². The number of rotatable bonds is 6. The lowest BCUT2D eigenvalue weighted by molar-refractivity contribution is 0.0462. The van der Waals surface area contributed by atoms with E-state index in [-0.39, 0.29) is 22.1 Å². The highest BCUT2D eigenvalue weighted by atomic mass is 32.3. The molecule has 9 heteroatoms. The Bertz CT molecular complexity index is 1590. The number of sulfonamides is 1. The molecule has 2 N–H and O–H groups in total. The van der Waals surface area contributed by atoms with Gasteiger partial charge in [0.15, 0.2) is 0 Å². The van der Waals surface area contributed by atoms with E-state index in [0.29, 0.717) is 17.8 Å². The van der Waals surface area contributed by atoms with Gasteiger partial charge in [-0.05, 0) is 108 Å². The summed E-state index contributed by atoms with van der Waals surface area (Å²) >= 11 is 0. The Hall–Kier alpha value is -2.72. The Morgan fingerprint density at radius 3 is 2.31 bits per heavy atom. The van der Waals surface area contributed by atoms with Gasteiger partial charge in [-0.25, -0.2) is 13.1 Å². The van der Waals surface area contributed by atoms with Crippen molar-refractivity contribution in [1.82, 2.24) is 4.72 Å². The number of hydrogen-bond acceptors (Lipinski definition) is 5. The molecule has 3 aromatic rings. The average Bonchev–Trinajstić information content (AvgIpc) is 3.23. The van der Waals surface area contributed by atoms with Crippen LogP contribution in [-0.2, 0) is 26.8 Å². The Kier molecular flexibility index (Phi) is 6.61. The quantitative estimate of drug-likeness (QED) is 0.368. The molecule has 2 saturated carbocycles. The van der Waals surface area contributed by atoms with Crippen LogP contribution >= 0.6 is 0 Å². The molecule has 39 heavy (non-hydrogen) atoms. The van der Waals surface area contributed by atoms with E-state index in [0.717, 1.165) is 55.2 Å². The van der Waals surface area contributed by atoms with Crippen LogP contribution in [0.25, 0.3) is 11.1 Å². The molecule has 0 aliphatic heterocycles. The fourth-order valence-corrected chi connectivity index (χ4v) is 9.38. The summed E-state index contributed by atoms with van der Waals surface area (Å²) in [4.78, 5) is 0.289. The van der Waals surface area contributed by atoms with E-state index in [9.17, 15) is 16.8 Å². The van der Waals surface area contributed by atoms with Gasteiger partial charge in [0.2, 0.25) is 10.0 Å². The van der Waals surface area contributed by atoms with Crippen LogP contribution in [0.4, 0.5) is 0 Å². The van der Waals surface area contributed by atoms with Crippen molar-refractivity contribution < 1.29 is 25.6 Å². The van der Waals surface area contributed by atoms with Crippen molar-refractivity contribution in [3.8, 4) is 16.9 Å². The molecule has 3 aliphatic carbocycles. The van der Waals surface area contributed by atoms with Crippen LogP contribution in [0, 0.1) is 17.3 Å². The van der Waals surface area contributed by atoms with Gasteiger partial charge in [-0.15, -0.1) is 0 Å². The van der Waals surface area contributed by atoms with Gasteiger partial charge in [-0.2, -0.15) is 8.42 Å². The molecule has 206 valence electrons. The molecule has 2 fully saturated rings. The molecule has 6 rings (SSSR count). The number of aryl methyl sites for hydroxylation is 1. The van der Waals surface area contributed by atoms with Crippen LogP contribution in [0.1, 0.15) is 56.1 Å². The molecule has 3 aliphatic rings. The monoisotopic (exact) mass is 567 g/mol. The summed E-state index contributed by atoms with van der Waals surface area (Å²) in [7, 11) is -8.22. The second kappa shape index (κ2) is 9.73. The lowest BCUT2D eigenvalue weighted by atomic mass is 9.55. The minimum absolute atomic E-state index is 0.116. The van der Waals surface area contributed by atoms with E-state index in [1.165, 1.54) is 5.56 Å². The normalized spacial score (nSPS) is 28.3. The lowest BCUT2D eigenvalue weighted by Crippen LogP contribution is -2.50. The molecule has 0 bridgehead atoms. The molecule has 0 saturated heterocycles. The first kappa shape index (κ1) is 26.5. The first-order chi connectivity index (χ1) is 18.5. The second-order valence-corrected chi connectivity index (χ2v) is 14.2. The second-order valence-electron chi connectivity index (χ2n) is 11.5. The number of nitrogens with one attached hydrogen (secondary N) is 1. The summed E-state index contributed by atoms with van der Waals surface area (Å²) < 4.78 is 66.0. The fraction of sp³-hybridized carbons (Fsp3) is 0.400. The van der Waals surface area contributed by atoms with E-state index in [1.807, 2.05) is 48.5 Å². The zero-order valence-electron chi connectivity index (χ0n) is 21.8. The highest BCUT2D eigenvalue weighted by Crippen LogP contribution is 2.61. The molecule has 3 aromatic carbocycles. The third kappa shape index (κ3) is 5.01. The molecule has 0 heterocycles. The molecule has 0 amide bonds. The molecule has 0 unspecified atom stereocenters. The van der Waals surface area contributed by atoms with Gasteiger partial charge in [0.05, 0.1) is 4.90 Å². The van der Waals surface area contributed by atoms with Crippen LogP contribution in [0.2, 0.25) is 0 Å². The Balaban J connectivity index is 1.19. The summed E-state index contributed by atoms with van der Waals surface area (Å²) in [5.41, 5.74) is 4.20. The largest absolute Gasteiger partial charge is 0.446 e. The third-order valence-corrected chi connectivity index (χ3v) is 11.4. The average molecular weight is 568 g/mol. The lowest BCUT2D eigenvalue weighted by Gasteiger charge is -2.51. The molecule has 0 spiro atoms. The summed E-state index contributed by atoms with van der Waals surface area (Å²) in [6, 6.07) is 22.2. The molecular formula is C30H33NO6S2. The van der Waals surface area contributed by atoms with Crippen LogP contribution in [0.15, 0.2) is 77.7 Å². The summed E-state index contributed by atoms with van der Waals surface area (Å²) in [6.45, 7) is 2.26. The van der Waals surface area contributed by atoms with Gasteiger partial charge >= 0.3 is 10.4 Å². The minimum atomic E-state index is -4.56. The van der Waals surface area contributed by atoms with E-state index in [2.05, 4.69) is 15.8 Å². The van der Waals surface area contributed by atoms with Crippen LogP contribution in [0.3, 0.4) is 0 Å². The van der Waals surface area contributed by atoms with Crippen molar-refractivity contribution in [3.05, 3.63) is 83.9 Å². The molecule has 7 nitrogen and oxygen atoms in total. The van der Waals surface area contributed by atoms with E-state index < -0.39 is 20.4 Å². The van der Waals surface area contributed by atoms with Crippen molar-refractivity contribution in [3.63, 3.8) is 0 Å². The van der Waals surface area contributed by atoms with E-state index >= 15 is 0 Å². The van der Waals surface area contributed by atoms with Gasteiger partial charge in [-0.3, -0.25) is 4.55 Å². The van der Waals surface area contributed by atoms with Crippen molar-refractivity contribution in [2.45, 2.75) is 62.3 Å². The predicted molar refractivity (Wildman–Crippen MR) is 149 cm³/mol. The van der Waals surface area contributed by atoms with Gasteiger partial charge in [0.25, 0.3) is 0 Å². The molecule has 5 atom stereocenters. The van der Waals surface area contributed by atoms with E-state index in [1.54, 1.807) is 24.3 Å². The maximum Gasteiger partial charge on any atom is 0.446 e. The van der Waals surface area contributed by atoms with Crippen LogP contribution in [-0.4, -0.2) is 27.4 Å². The number of hydrogen-bond donors (Lipinski definition) is 2. The zero-order valence-corrected chi connectivity index (χ0v) is 23.4. The van der Waals surface area contributed by atoms with Gasteiger partial charge in [0, 0.05) is 6.04 Å². The third-order valence-electron chi connectivity index (χ3n) is 9.47. The molecular weight excluding hydrogens is 534 g/mol. The summed E-state index contributed by atoms with van der Waals surface area (Å²) in [5, 5.41) is 0. The molecule has 0 radical (unpaired) electrons. The topological polar surface area (TPSA) is 110 Å². The summed E-state index contributed by atoms with van der Waals surface area (Å²) in [5.74, 6) is 1.34. The highest BCUT2D eigenvalue weighted by molar-refractivity contribution is 7.89. The fourth-order valence-electron chi connectivity index (χ4n) is 7.64.